The molecule has 0 fully saturated rings. The van der Waals surface area contributed by atoms with Gasteiger partial charge >= 0.3 is 0 Å². The summed E-state index contributed by atoms with van der Waals surface area (Å²) in [5.74, 6) is 0.782. The van der Waals surface area contributed by atoms with Crippen molar-refractivity contribution in [1.29, 1.82) is 0 Å². The SMILES string of the molecule is CCCN(CC)C(=O)CCCOc1ccc(Cl)cc1Cl. The summed E-state index contributed by atoms with van der Waals surface area (Å²) in [4.78, 5) is 13.8. The van der Waals surface area contributed by atoms with Crippen LogP contribution in [0.15, 0.2) is 18.2 Å². The van der Waals surface area contributed by atoms with E-state index in [1.807, 2.05) is 11.8 Å². The average molecular weight is 318 g/mol. The molecule has 20 heavy (non-hydrogen) atoms. The predicted octanol–water partition coefficient (Wildman–Crippen LogP) is 4.41. The summed E-state index contributed by atoms with van der Waals surface area (Å²) in [7, 11) is 0. The van der Waals surface area contributed by atoms with Crippen LogP contribution in [-0.4, -0.2) is 30.5 Å². The first-order chi connectivity index (χ1) is 9.58. The Morgan fingerprint density at radius 1 is 1.30 bits per heavy atom. The molecule has 0 N–H and O–H groups in total. The Balaban J connectivity index is 2.32. The van der Waals surface area contributed by atoms with Crippen molar-refractivity contribution in [3.8, 4) is 5.75 Å². The third-order valence-corrected chi connectivity index (χ3v) is 3.44. The molecule has 0 aliphatic heterocycles. The maximum absolute atomic E-state index is 11.9. The molecule has 3 nitrogen and oxygen atoms in total. The Kier molecular flexibility index (Phi) is 7.78. The molecule has 0 radical (unpaired) electrons. The lowest BCUT2D eigenvalue weighted by molar-refractivity contribution is -0.131. The Hall–Kier alpha value is -0.930. The van der Waals surface area contributed by atoms with Crippen molar-refractivity contribution in [2.24, 2.45) is 0 Å². The molecule has 0 saturated heterocycles. The second-order valence-electron chi connectivity index (χ2n) is 4.50. The lowest BCUT2D eigenvalue weighted by Gasteiger charge is -2.20. The third kappa shape index (κ3) is 5.59. The topological polar surface area (TPSA) is 29.5 Å². The van der Waals surface area contributed by atoms with E-state index in [0.29, 0.717) is 35.2 Å². The number of halogens is 2. The van der Waals surface area contributed by atoms with Gasteiger partial charge < -0.3 is 9.64 Å². The van der Waals surface area contributed by atoms with Gasteiger partial charge in [-0.3, -0.25) is 4.79 Å². The van der Waals surface area contributed by atoms with Crippen molar-refractivity contribution in [1.82, 2.24) is 4.90 Å². The predicted molar refractivity (Wildman–Crippen MR) is 83.7 cm³/mol. The highest BCUT2D eigenvalue weighted by molar-refractivity contribution is 6.35. The summed E-state index contributed by atoms with van der Waals surface area (Å²) < 4.78 is 5.55. The van der Waals surface area contributed by atoms with E-state index in [4.69, 9.17) is 27.9 Å². The number of nitrogens with zero attached hydrogens (tertiary/aromatic N) is 1. The van der Waals surface area contributed by atoms with E-state index in [-0.39, 0.29) is 5.91 Å². The molecule has 5 heteroatoms. The summed E-state index contributed by atoms with van der Waals surface area (Å²) in [6.07, 6.45) is 2.16. The smallest absolute Gasteiger partial charge is 0.222 e. The minimum absolute atomic E-state index is 0.181. The first kappa shape index (κ1) is 17.1. The van der Waals surface area contributed by atoms with Crippen molar-refractivity contribution in [3.05, 3.63) is 28.2 Å². The molecule has 0 heterocycles. The minimum Gasteiger partial charge on any atom is -0.492 e. The van der Waals surface area contributed by atoms with E-state index in [1.54, 1.807) is 18.2 Å². The standard InChI is InChI=1S/C15H21Cl2NO2/c1-3-9-18(4-2)15(19)6-5-10-20-14-8-7-12(16)11-13(14)17/h7-8,11H,3-6,9-10H2,1-2H3. The van der Waals surface area contributed by atoms with Crippen LogP contribution in [0.3, 0.4) is 0 Å². The monoisotopic (exact) mass is 317 g/mol. The van der Waals surface area contributed by atoms with E-state index < -0.39 is 0 Å². The number of amides is 1. The van der Waals surface area contributed by atoms with Crippen LogP contribution in [0.25, 0.3) is 0 Å². The molecule has 1 aromatic carbocycles. The molecule has 0 spiro atoms. The number of ether oxygens (including phenoxy) is 1. The van der Waals surface area contributed by atoms with Gasteiger partial charge in [0.15, 0.2) is 0 Å². The fourth-order valence-corrected chi connectivity index (χ4v) is 2.35. The molecular weight excluding hydrogens is 297 g/mol. The van der Waals surface area contributed by atoms with Crippen LogP contribution in [0, 0.1) is 0 Å². The van der Waals surface area contributed by atoms with Crippen molar-refractivity contribution in [2.45, 2.75) is 33.1 Å². The van der Waals surface area contributed by atoms with Crippen LogP contribution in [0.1, 0.15) is 33.1 Å². The molecule has 0 atom stereocenters. The highest BCUT2D eigenvalue weighted by atomic mass is 35.5. The van der Waals surface area contributed by atoms with Crippen LogP contribution < -0.4 is 4.74 Å². The molecule has 1 rings (SSSR count). The van der Waals surface area contributed by atoms with Gasteiger partial charge in [0.25, 0.3) is 0 Å². The Morgan fingerprint density at radius 3 is 2.65 bits per heavy atom. The molecule has 1 amide bonds. The summed E-state index contributed by atoms with van der Waals surface area (Å²) in [6.45, 7) is 6.12. The van der Waals surface area contributed by atoms with Crippen molar-refractivity contribution >= 4 is 29.1 Å². The largest absolute Gasteiger partial charge is 0.492 e. The second-order valence-corrected chi connectivity index (χ2v) is 5.34. The van der Waals surface area contributed by atoms with Gasteiger partial charge in [0, 0.05) is 24.5 Å². The number of hydrogen-bond acceptors (Lipinski definition) is 2. The Labute approximate surface area is 130 Å². The fraction of sp³-hybridized carbons (Fsp3) is 0.533. The van der Waals surface area contributed by atoms with Gasteiger partial charge in [-0.05, 0) is 38.0 Å². The zero-order chi connectivity index (χ0) is 15.0. The lowest BCUT2D eigenvalue weighted by atomic mass is 10.2. The first-order valence-corrected chi connectivity index (χ1v) is 7.69. The summed E-state index contributed by atoms with van der Waals surface area (Å²) in [6, 6.07) is 5.11. The Bertz CT molecular complexity index is 438. The highest BCUT2D eigenvalue weighted by Gasteiger charge is 2.10. The second kappa shape index (κ2) is 9.09. The summed E-state index contributed by atoms with van der Waals surface area (Å²) in [5, 5.41) is 1.07. The fourth-order valence-electron chi connectivity index (χ4n) is 1.88. The average Bonchev–Trinajstić information content (AvgIpc) is 2.42. The highest BCUT2D eigenvalue weighted by Crippen LogP contribution is 2.27. The molecule has 0 aromatic heterocycles. The maximum atomic E-state index is 11.9. The van der Waals surface area contributed by atoms with Gasteiger partial charge in [0.2, 0.25) is 5.91 Å². The molecule has 0 saturated carbocycles. The van der Waals surface area contributed by atoms with E-state index in [2.05, 4.69) is 6.92 Å². The molecular formula is C15H21Cl2NO2. The number of carbonyl (C=O) groups excluding carboxylic acids is 1. The van der Waals surface area contributed by atoms with Crippen LogP contribution >= 0.6 is 23.2 Å². The van der Waals surface area contributed by atoms with Gasteiger partial charge in [-0.1, -0.05) is 30.1 Å². The normalized spacial score (nSPS) is 10.4. The van der Waals surface area contributed by atoms with Gasteiger partial charge in [0.1, 0.15) is 5.75 Å². The number of benzene rings is 1. The van der Waals surface area contributed by atoms with Gasteiger partial charge in [-0.2, -0.15) is 0 Å². The molecule has 1 aromatic rings. The number of hydrogen-bond donors (Lipinski definition) is 0. The maximum Gasteiger partial charge on any atom is 0.222 e. The minimum atomic E-state index is 0.181. The van der Waals surface area contributed by atoms with Gasteiger partial charge in [-0.25, -0.2) is 0 Å². The van der Waals surface area contributed by atoms with Gasteiger partial charge in [-0.15, -0.1) is 0 Å². The van der Waals surface area contributed by atoms with Crippen LogP contribution in [-0.2, 0) is 4.79 Å². The lowest BCUT2D eigenvalue weighted by Crippen LogP contribution is -2.31. The van der Waals surface area contributed by atoms with Crippen molar-refractivity contribution < 1.29 is 9.53 Å². The van der Waals surface area contributed by atoms with Crippen LogP contribution in [0.2, 0.25) is 10.0 Å². The first-order valence-electron chi connectivity index (χ1n) is 6.94. The van der Waals surface area contributed by atoms with E-state index in [1.165, 1.54) is 0 Å². The number of carbonyl (C=O) groups is 1. The van der Waals surface area contributed by atoms with E-state index in [0.717, 1.165) is 19.5 Å². The van der Waals surface area contributed by atoms with Crippen LogP contribution in [0.4, 0.5) is 0 Å². The molecule has 0 bridgehead atoms. The van der Waals surface area contributed by atoms with E-state index in [9.17, 15) is 4.79 Å². The zero-order valence-electron chi connectivity index (χ0n) is 12.0. The summed E-state index contributed by atoms with van der Waals surface area (Å²) >= 11 is 11.8. The van der Waals surface area contributed by atoms with Crippen molar-refractivity contribution in [3.63, 3.8) is 0 Å². The zero-order valence-corrected chi connectivity index (χ0v) is 13.5. The summed E-state index contributed by atoms with van der Waals surface area (Å²) in [5.41, 5.74) is 0. The van der Waals surface area contributed by atoms with Gasteiger partial charge in [0.05, 0.1) is 11.6 Å². The molecule has 0 unspecified atom stereocenters. The Morgan fingerprint density at radius 2 is 2.05 bits per heavy atom. The van der Waals surface area contributed by atoms with Crippen LogP contribution in [0.5, 0.6) is 5.75 Å². The van der Waals surface area contributed by atoms with Crippen molar-refractivity contribution in [2.75, 3.05) is 19.7 Å². The quantitative estimate of drug-likeness (QED) is 0.664. The molecule has 0 aliphatic carbocycles. The molecule has 0 aliphatic rings. The number of rotatable bonds is 8. The molecule has 112 valence electrons. The third-order valence-electron chi connectivity index (χ3n) is 2.91. The van der Waals surface area contributed by atoms with E-state index >= 15 is 0 Å².